The number of nitrogens with zero attached hydrogens (tertiary/aromatic N) is 1. The van der Waals surface area contributed by atoms with Crippen LogP contribution < -0.4 is 10.0 Å². The van der Waals surface area contributed by atoms with Crippen LogP contribution in [-0.4, -0.2) is 30.3 Å². The molecule has 1 aromatic heterocycles. The number of nitrogens with one attached hydrogen (secondary N) is 2. The van der Waals surface area contributed by atoms with Crippen molar-refractivity contribution in [3.63, 3.8) is 0 Å². The fourth-order valence-electron chi connectivity index (χ4n) is 3.40. The van der Waals surface area contributed by atoms with Crippen molar-refractivity contribution in [2.24, 2.45) is 5.92 Å². The van der Waals surface area contributed by atoms with Crippen LogP contribution in [0.1, 0.15) is 46.5 Å². The summed E-state index contributed by atoms with van der Waals surface area (Å²) in [6.45, 7) is 6.16. The van der Waals surface area contributed by atoms with Gasteiger partial charge in [0.1, 0.15) is 0 Å². The fraction of sp³-hybridized carbons (Fsp3) is 0.524. The molecule has 1 aliphatic carbocycles. The summed E-state index contributed by atoms with van der Waals surface area (Å²) >= 11 is 0. The van der Waals surface area contributed by atoms with Crippen LogP contribution in [0.3, 0.4) is 0 Å². The normalized spacial score (nSPS) is 21.1. The summed E-state index contributed by atoms with van der Waals surface area (Å²) in [5, 5.41) is 3.53. The summed E-state index contributed by atoms with van der Waals surface area (Å²) in [5.74, 6) is 0.588. The van der Waals surface area contributed by atoms with E-state index in [1.54, 1.807) is 20.8 Å². The number of benzene rings is 1. The van der Waals surface area contributed by atoms with Gasteiger partial charge in [0, 0.05) is 36.4 Å². The standard InChI is InChI=1S/C21H31N3O2S/c1-21(2,3)27(25,26)23-19-8-6-17(7-9-19)16-22-18-10-12-20(13-11-18)24-14-4-5-15-24/h4-5,10-15,17,19,22-23H,6-9,16H2,1-3H3/t17-,19-. The molecular weight excluding hydrogens is 358 g/mol. The second-order valence-corrected chi connectivity index (χ2v) is 10.9. The quantitative estimate of drug-likeness (QED) is 0.779. The smallest absolute Gasteiger partial charge is 0.216 e. The third kappa shape index (κ3) is 5.14. The molecule has 0 radical (unpaired) electrons. The molecule has 1 heterocycles. The molecule has 2 N–H and O–H groups in total. The van der Waals surface area contributed by atoms with Gasteiger partial charge in [-0.15, -0.1) is 0 Å². The third-order valence-corrected chi connectivity index (χ3v) is 7.60. The molecule has 0 saturated heterocycles. The van der Waals surface area contributed by atoms with Gasteiger partial charge in [-0.3, -0.25) is 0 Å². The molecule has 1 fully saturated rings. The van der Waals surface area contributed by atoms with Crippen LogP contribution in [0.15, 0.2) is 48.8 Å². The first kappa shape index (κ1) is 20.0. The lowest BCUT2D eigenvalue weighted by molar-refractivity contribution is 0.322. The molecule has 3 rings (SSSR count). The average Bonchev–Trinajstić information content (AvgIpc) is 3.15. The number of rotatable bonds is 6. The number of hydrogen-bond acceptors (Lipinski definition) is 3. The summed E-state index contributed by atoms with van der Waals surface area (Å²) in [7, 11) is -3.26. The maximum absolute atomic E-state index is 12.3. The Labute approximate surface area is 163 Å². The van der Waals surface area contributed by atoms with Gasteiger partial charge in [0.05, 0.1) is 4.75 Å². The Balaban J connectivity index is 1.45. The minimum atomic E-state index is -3.26. The molecule has 148 valence electrons. The molecule has 1 saturated carbocycles. The highest BCUT2D eigenvalue weighted by Gasteiger charge is 2.32. The molecule has 0 unspecified atom stereocenters. The van der Waals surface area contributed by atoms with Gasteiger partial charge in [-0.2, -0.15) is 0 Å². The van der Waals surface area contributed by atoms with Crippen LogP contribution in [-0.2, 0) is 10.0 Å². The second kappa shape index (κ2) is 8.07. The van der Waals surface area contributed by atoms with Crippen LogP contribution in [0.4, 0.5) is 5.69 Å². The van der Waals surface area contributed by atoms with E-state index in [4.69, 9.17) is 0 Å². The van der Waals surface area contributed by atoms with Gasteiger partial charge in [-0.05, 0) is 88.8 Å². The number of hydrogen-bond donors (Lipinski definition) is 2. The zero-order chi connectivity index (χ0) is 19.5. The van der Waals surface area contributed by atoms with E-state index in [-0.39, 0.29) is 6.04 Å². The lowest BCUT2D eigenvalue weighted by atomic mass is 9.86. The predicted molar refractivity (Wildman–Crippen MR) is 112 cm³/mol. The first-order chi connectivity index (χ1) is 12.7. The van der Waals surface area contributed by atoms with E-state index in [2.05, 4.69) is 38.9 Å². The molecule has 0 aliphatic heterocycles. The van der Waals surface area contributed by atoms with Gasteiger partial charge in [0.2, 0.25) is 10.0 Å². The van der Waals surface area contributed by atoms with E-state index in [1.807, 2.05) is 24.5 Å². The third-order valence-electron chi connectivity index (χ3n) is 5.34. The molecule has 6 heteroatoms. The predicted octanol–water partition coefficient (Wildman–Crippen LogP) is 4.17. The summed E-state index contributed by atoms with van der Waals surface area (Å²) in [6, 6.07) is 12.6. The molecule has 1 aliphatic rings. The Morgan fingerprint density at radius 3 is 2.15 bits per heavy atom. The first-order valence-corrected chi connectivity index (χ1v) is 11.2. The summed E-state index contributed by atoms with van der Waals surface area (Å²) in [6.07, 6.45) is 7.99. The second-order valence-electron chi connectivity index (χ2n) is 8.47. The molecular formula is C21H31N3O2S. The Hall–Kier alpha value is -1.79. The van der Waals surface area contributed by atoms with E-state index < -0.39 is 14.8 Å². The monoisotopic (exact) mass is 389 g/mol. The average molecular weight is 390 g/mol. The van der Waals surface area contributed by atoms with Crippen molar-refractivity contribution < 1.29 is 8.42 Å². The zero-order valence-corrected chi connectivity index (χ0v) is 17.3. The molecule has 0 spiro atoms. The van der Waals surface area contributed by atoms with Gasteiger partial charge in [0.15, 0.2) is 0 Å². The van der Waals surface area contributed by atoms with Gasteiger partial charge < -0.3 is 9.88 Å². The van der Waals surface area contributed by atoms with Crippen molar-refractivity contribution in [2.45, 2.75) is 57.2 Å². The summed E-state index contributed by atoms with van der Waals surface area (Å²) in [5.41, 5.74) is 2.28. The number of aromatic nitrogens is 1. The lowest BCUT2D eigenvalue weighted by Crippen LogP contribution is -2.46. The van der Waals surface area contributed by atoms with Crippen molar-refractivity contribution in [1.29, 1.82) is 0 Å². The minimum Gasteiger partial charge on any atom is -0.385 e. The van der Waals surface area contributed by atoms with Crippen molar-refractivity contribution in [3.8, 4) is 5.69 Å². The lowest BCUT2D eigenvalue weighted by Gasteiger charge is -2.31. The zero-order valence-electron chi connectivity index (χ0n) is 16.5. The highest BCUT2D eigenvalue weighted by Crippen LogP contribution is 2.27. The van der Waals surface area contributed by atoms with Crippen molar-refractivity contribution in [1.82, 2.24) is 9.29 Å². The number of sulfonamides is 1. The van der Waals surface area contributed by atoms with Gasteiger partial charge in [-0.25, -0.2) is 13.1 Å². The minimum absolute atomic E-state index is 0.0753. The first-order valence-electron chi connectivity index (χ1n) is 9.74. The molecule has 0 bridgehead atoms. The van der Waals surface area contributed by atoms with E-state index in [0.717, 1.165) is 43.6 Å². The molecule has 1 aromatic carbocycles. The van der Waals surface area contributed by atoms with Crippen molar-refractivity contribution in [3.05, 3.63) is 48.8 Å². The van der Waals surface area contributed by atoms with E-state index in [0.29, 0.717) is 5.92 Å². The molecule has 27 heavy (non-hydrogen) atoms. The van der Waals surface area contributed by atoms with E-state index >= 15 is 0 Å². The topological polar surface area (TPSA) is 63.1 Å². The van der Waals surface area contributed by atoms with Crippen LogP contribution in [0.2, 0.25) is 0 Å². The van der Waals surface area contributed by atoms with Crippen molar-refractivity contribution >= 4 is 15.7 Å². The Morgan fingerprint density at radius 1 is 1.00 bits per heavy atom. The van der Waals surface area contributed by atoms with Crippen LogP contribution >= 0.6 is 0 Å². The van der Waals surface area contributed by atoms with Gasteiger partial charge >= 0.3 is 0 Å². The molecule has 0 atom stereocenters. The summed E-state index contributed by atoms with van der Waals surface area (Å²) < 4.78 is 28.8. The van der Waals surface area contributed by atoms with E-state index in [9.17, 15) is 8.42 Å². The maximum Gasteiger partial charge on any atom is 0.216 e. The van der Waals surface area contributed by atoms with Crippen LogP contribution in [0.25, 0.3) is 5.69 Å². The highest BCUT2D eigenvalue weighted by molar-refractivity contribution is 7.90. The summed E-state index contributed by atoms with van der Waals surface area (Å²) in [4.78, 5) is 0. The highest BCUT2D eigenvalue weighted by atomic mass is 32.2. The Bertz CT molecular complexity index is 813. The Morgan fingerprint density at radius 2 is 1.59 bits per heavy atom. The fourth-order valence-corrected chi connectivity index (χ4v) is 4.43. The number of anilines is 1. The maximum atomic E-state index is 12.3. The van der Waals surface area contributed by atoms with Gasteiger partial charge in [-0.1, -0.05) is 0 Å². The SMILES string of the molecule is CC(C)(C)S(=O)(=O)N[C@H]1CC[C@H](CNc2ccc(-n3cccc3)cc2)CC1. The van der Waals surface area contributed by atoms with E-state index in [1.165, 1.54) is 0 Å². The van der Waals surface area contributed by atoms with Crippen LogP contribution in [0, 0.1) is 5.92 Å². The Kier molecular flexibility index (Phi) is 5.96. The van der Waals surface area contributed by atoms with Crippen molar-refractivity contribution in [2.75, 3.05) is 11.9 Å². The largest absolute Gasteiger partial charge is 0.385 e. The van der Waals surface area contributed by atoms with Gasteiger partial charge in [0.25, 0.3) is 0 Å². The molecule has 5 nitrogen and oxygen atoms in total. The van der Waals surface area contributed by atoms with Crippen LogP contribution in [0.5, 0.6) is 0 Å². The molecule has 2 aromatic rings. The molecule has 0 amide bonds.